The molecule has 4 rings (SSSR count). The van der Waals surface area contributed by atoms with Gasteiger partial charge in [0.2, 0.25) is 0 Å². The van der Waals surface area contributed by atoms with Crippen molar-refractivity contribution < 1.29 is 13.2 Å². The van der Waals surface area contributed by atoms with Crippen LogP contribution in [0.15, 0.2) is 51.8 Å². The molecule has 31 heavy (non-hydrogen) atoms. The highest BCUT2D eigenvalue weighted by Gasteiger charge is 2.33. The highest BCUT2D eigenvalue weighted by atomic mass is 32.2. The number of fused-ring (bicyclic) bond motifs is 3. The summed E-state index contributed by atoms with van der Waals surface area (Å²) < 4.78 is 27.4. The number of carbonyl (C=O) groups excluding carboxylic acids is 1. The molecule has 7 nitrogen and oxygen atoms in total. The molecule has 0 saturated carbocycles. The number of hydrogen-bond donors (Lipinski definition) is 1. The Kier molecular flexibility index (Phi) is 6.09. The predicted octanol–water partition coefficient (Wildman–Crippen LogP) is 3.07. The van der Waals surface area contributed by atoms with Crippen LogP contribution in [0, 0.1) is 0 Å². The number of rotatable bonds is 6. The number of amides is 1. The Morgan fingerprint density at radius 1 is 1.23 bits per heavy atom. The Labute approximate surface area is 187 Å². The molecule has 0 unspecified atom stereocenters. The fourth-order valence-electron chi connectivity index (χ4n) is 3.48. The molecule has 0 spiro atoms. The van der Waals surface area contributed by atoms with Gasteiger partial charge in [0, 0.05) is 36.1 Å². The third kappa shape index (κ3) is 4.78. The van der Waals surface area contributed by atoms with Gasteiger partial charge in [-0.05, 0) is 62.0 Å². The highest BCUT2D eigenvalue weighted by molar-refractivity contribution is 8.15. The molecule has 0 saturated heterocycles. The average molecular weight is 459 g/mol. The molecule has 0 bridgehead atoms. The Morgan fingerprint density at radius 2 is 1.97 bits per heavy atom. The summed E-state index contributed by atoms with van der Waals surface area (Å²) in [6.45, 7) is 5.96. The molecule has 1 amide bonds. The maximum Gasteiger partial charge on any atom is 0.257 e. The molecule has 2 aliphatic rings. The fourth-order valence-corrected chi connectivity index (χ4v) is 5.78. The van der Waals surface area contributed by atoms with E-state index in [9.17, 15) is 13.2 Å². The molecule has 164 valence electrons. The number of benzene rings is 2. The lowest BCUT2D eigenvalue weighted by Gasteiger charge is -2.22. The highest BCUT2D eigenvalue weighted by Crippen LogP contribution is 2.42. The Balaban J connectivity index is 1.46. The average Bonchev–Trinajstić information content (AvgIpc) is 3.08. The van der Waals surface area contributed by atoms with Crippen LogP contribution in [0.5, 0.6) is 0 Å². The zero-order valence-electron chi connectivity index (χ0n) is 17.8. The smallest absolute Gasteiger partial charge is 0.257 e. The van der Waals surface area contributed by atoms with E-state index in [1.54, 1.807) is 12.1 Å². The van der Waals surface area contributed by atoms with Crippen LogP contribution in [-0.2, 0) is 23.1 Å². The minimum atomic E-state index is -3.40. The predicted molar refractivity (Wildman–Crippen MR) is 125 cm³/mol. The Morgan fingerprint density at radius 3 is 2.71 bits per heavy atom. The second-order valence-corrected chi connectivity index (χ2v) is 10.8. The second kappa shape index (κ2) is 8.64. The summed E-state index contributed by atoms with van der Waals surface area (Å²) in [5.41, 5.74) is 3.73. The first-order chi connectivity index (χ1) is 14.7. The van der Waals surface area contributed by atoms with Crippen LogP contribution in [0.1, 0.15) is 35.3 Å². The number of nitrogens with one attached hydrogen (secondary N) is 1. The lowest BCUT2D eigenvalue weighted by atomic mass is 10.1. The van der Waals surface area contributed by atoms with E-state index in [-0.39, 0.29) is 11.7 Å². The summed E-state index contributed by atoms with van der Waals surface area (Å²) >= 11 is 1.29. The lowest BCUT2D eigenvalue weighted by molar-refractivity contribution is 0.0950. The van der Waals surface area contributed by atoms with Gasteiger partial charge in [-0.1, -0.05) is 24.3 Å². The molecule has 1 N–H and O–H groups in total. The van der Waals surface area contributed by atoms with E-state index in [0.717, 1.165) is 22.7 Å². The van der Waals surface area contributed by atoms with Crippen molar-refractivity contribution in [3.8, 4) is 0 Å². The van der Waals surface area contributed by atoms with E-state index in [0.29, 0.717) is 29.9 Å². The van der Waals surface area contributed by atoms with Crippen molar-refractivity contribution in [2.24, 2.45) is 4.40 Å². The molecular formula is C22H26N4O3S2. The molecule has 9 heteroatoms. The monoisotopic (exact) mass is 458 g/mol. The van der Waals surface area contributed by atoms with Gasteiger partial charge in [-0.25, -0.2) is 8.42 Å². The number of thioether (sulfide) groups is 1. The molecule has 0 aromatic heterocycles. The lowest BCUT2D eigenvalue weighted by Crippen LogP contribution is -2.35. The first-order valence-electron chi connectivity index (χ1n) is 10.2. The van der Waals surface area contributed by atoms with E-state index >= 15 is 0 Å². The second-order valence-electron chi connectivity index (χ2n) is 8.06. The maximum atomic E-state index is 12.8. The summed E-state index contributed by atoms with van der Waals surface area (Å²) in [6, 6.07) is 14.0. The SMILES string of the molecule is CC(C)N(C)Cc1ccccc1CNC(=O)c1ccc2c(c1)SC1=NS(=O)(=O)CCN12. The quantitative estimate of drug-likeness (QED) is 0.717. The van der Waals surface area contributed by atoms with Crippen LogP contribution in [0.25, 0.3) is 0 Å². The number of carbonyl (C=O) groups is 1. The molecule has 0 aliphatic carbocycles. The molecule has 0 atom stereocenters. The van der Waals surface area contributed by atoms with Gasteiger partial charge in [0.1, 0.15) is 0 Å². The zero-order valence-corrected chi connectivity index (χ0v) is 19.5. The normalized spacial score (nSPS) is 16.8. The number of anilines is 1. The molecule has 2 aromatic rings. The van der Waals surface area contributed by atoms with Crippen molar-refractivity contribution in [3.05, 3.63) is 59.2 Å². The van der Waals surface area contributed by atoms with Gasteiger partial charge >= 0.3 is 0 Å². The van der Waals surface area contributed by atoms with Gasteiger partial charge in [0.05, 0.1) is 11.4 Å². The van der Waals surface area contributed by atoms with Gasteiger partial charge in [0.25, 0.3) is 15.9 Å². The zero-order chi connectivity index (χ0) is 22.2. The van der Waals surface area contributed by atoms with Crippen LogP contribution >= 0.6 is 11.8 Å². The first-order valence-corrected chi connectivity index (χ1v) is 12.6. The molecule has 2 aromatic carbocycles. The minimum absolute atomic E-state index is 0.00411. The van der Waals surface area contributed by atoms with Crippen molar-refractivity contribution in [1.29, 1.82) is 0 Å². The summed E-state index contributed by atoms with van der Waals surface area (Å²) in [5, 5.41) is 3.48. The van der Waals surface area contributed by atoms with Crippen molar-refractivity contribution in [1.82, 2.24) is 10.2 Å². The summed E-state index contributed by atoms with van der Waals surface area (Å²) in [7, 11) is -1.31. The summed E-state index contributed by atoms with van der Waals surface area (Å²) in [4.78, 5) is 17.8. The number of amidine groups is 1. The Hall–Kier alpha value is -2.36. The van der Waals surface area contributed by atoms with Gasteiger partial charge in [-0.15, -0.1) is 4.40 Å². The molecule has 2 heterocycles. The van der Waals surface area contributed by atoms with Crippen LogP contribution < -0.4 is 10.2 Å². The van der Waals surface area contributed by atoms with Crippen LogP contribution in [0.4, 0.5) is 5.69 Å². The third-order valence-corrected chi connectivity index (χ3v) is 7.90. The van der Waals surface area contributed by atoms with Crippen LogP contribution in [0.3, 0.4) is 0 Å². The van der Waals surface area contributed by atoms with Crippen LogP contribution in [0.2, 0.25) is 0 Å². The fraction of sp³-hybridized carbons (Fsp3) is 0.364. The van der Waals surface area contributed by atoms with Crippen molar-refractivity contribution >= 4 is 38.5 Å². The molecule has 2 aliphatic heterocycles. The molecular weight excluding hydrogens is 432 g/mol. The van der Waals surface area contributed by atoms with E-state index < -0.39 is 10.0 Å². The number of hydrogen-bond acceptors (Lipinski definition) is 6. The van der Waals surface area contributed by atoms with Crippen molar-refractivity contribution in [2.45, 2.75) is 37.9 Å². The third-order valence-electron chi connectivity index (χ3n) is 5.59. The summed E-state index contributed by atoms with van der Waals surface area (Å²) in [6.07, 6.45) is 0. The number of nitrogens with zero attached hydrogens (tertiary/aromatic N) is 3. The topological polar surface area (TPSA) is 82.1 Å². The maximum absolute atomic E-state index is 12.8. The largest absolute Gasteiger partial charge is 0.348 e. The first kappa shape index (κ1) is 21.9. The van der Waals surface area contributed by atoms with E-state index in [1.807, 2.05) is 29.2 Å². The molecule has 0 radical (unpaired) electrons. The van der Waals surface area contributed by atoms with E-state index in [1.165, 1.54) is 17.3 Å². The van der Waals surface area contributed by atoms with Gasteiger partial charge in [-0.2, -0.15) is 0 Å². The standard InChI is InChI=1S/C22H26N4O3S2/c1-15(2)25(3)14-18-7-5-4-6-17(18)13-23-21(27)16-8-9-19-20(12-16)30-22-24-31(28,29)11-10-26(19)22/h4-9,12,15H,10-11,13-14H2,1-3H3,(H,23,27). The van der Waals surface area contributed by atoms with Gasteiger partial charge < -0.3 is 10.2 Å². The summed E-state index contributed by atoms with van der Waals surface area (Å²) in [5.74, 6) is -0.153. The van der Waals surface area contributed by atoms with Gasteiger partial charge in [-0.3, -0.25) is 9.69 Å². The van der Waals surface area contributed by atoms with Crippen molar-refractivity contribution in [3.63, 3.8) is 0 Å². The van der Waals surface area contributed by atoms with E-state index in [4.69, 9.17) is 0 Å². The van der Waals surface area contributed by atoms with Crippen molar-refractivity contribution in [2.75, 3.05) is 24.2 Å². The van der Waals surface area contributed by atoms with Gasteiger partial charge in [0.15, 0.2) is 5.17 Å². The molecule has 0 fully saturated rings. The number of sulfonamides is 1. The van der Waals surface area contributed by atoms with E-state index in [2.05, 4.69) is 41.6 Å². The van der Waals surface area contributed by atoms with Crippen LogP contribution in [-0.4, -0.2) is 49.8 Å². The minimum Gasteiger partial charge on any atom is -0.348 e. The Bertz CT molecular complexity index is 1150.